The third kappa shape index (κ3) is 7.47. The number of hydrogen-bond donors (Lipinski definition) is 1. The number of rotatable bonds is 2. The second-order valence-corrected chi connectivity index (χ2v) is 6.43. The molecule has 4 heteroatoms. The van der Waals surface area contributed by atoms with Crippen LogP contribution in [0.4, 0.5) is 0 Å². The van der Waals surface area contributed by atoms with E-state index in [2.05, 4.69) is 25.1 Å². The van der Waals surface area contributed by atoms with Crippen molar-refractivity contribution in [2.75, 3.05) is 13.2 Å². The Hall–Kier alpha value is -1.55. The van der Waals surface area contributed by atoms with Crippen molar-refractivity contribution < 1.29 is 14.3 Å². The fourth-order valence-electron chi connectivity index (χ4n) is 3.06. The third-order valence-corrected chi connectivity index (χ3v) is 4.46. The number of carbonyl (C=O) groups is 1. The van der Waals surface area contributed by atoms with E-state index in [9.17, 15) is 4.79 Å². The first-order chi connectivity index (χ1) is 12.1. The van der Waals surface area contributed by atoms with Crippen LogP contribution in [0.2, 0.25) is 0 Å². The summed E-state index contributed by atoms with van der Waals surface area (Å²) >= 11 is 0. The van der Waals surface area contributed by atoms with Crippen LogP contribution in [0.5, 0.6) is 5.75 Å². The van der Waals surface area contributed by atoms with Crippen LogP contribution >= 0.6 is 0 Å². The minimum Gasteiger partial charge on any atom is -0.493 e. The fraction of sp³-hybridized carbons (Fsp3) is 0.667. The molecular formula is C21H35NO3. The summed E-state index contributed by atoms with van der Waals surface area (Å²) in [4.78, 5) is 11.2. The second kappa shape index (κ2) is 11.9. The van der Waals surface area contributed by atoms with Crippen LogP contribution in [0, 0.1) is 12.8 Å². The highest BCUT2D eigenvalue weighted by molar-refractivity contribution is 5.72. The van der Waals surface area contributed by atoms with Crippen molar-refractivity contribution in [3.05, 3.63) is 29.3 Å². The largest absolute Gasteiger partial charge is 0.493 e. The monoisotopic (exact) mass is 349 g/mol. The van der Waals surface area contributed by atoms with Gasteiger partial charge in [-0.3, -0.25) is 4.79 Å². The van der Waals surface area contributed by atoms with Gasteiger partial charge in [-0.05, 0) is 69.6 Å². The molecular weight excluding hydrogens is 314 g/mol. The summed E-state index contributed by atoms with van der Waals surface area (Å²) in [6.07, 6.45) is 6.07. The van der Waals surface area contributed by atoms with Gasteiger partial charge in [-0.1, -0.05) is 26.0 Å². The van der Waals surface area contributed by atoms with Crippen molar-refractivity contribution in [1.82, 2.24) is 0 Å². The van der Waals surface area contributed by atoms with E-state index in [1.54, 1.807) is 0 Å². The van der Waals surface area contributed by atoms with E-state index in [1.807, 2.05) is 20.8 Å². The topological polar surface area (TPSA) is 61.5 Å². The lowest BCUT2D eigenvalue weighted by Gasteiger charge is -2.24. The number of esters is 1. The van der Waals surface area contributed by atoms with E-state index in [-0.39, 0.29) is 11.9 Å². The van der Waals surface area contributed by atoms with Gasteiger partial charge in [-0.15, -0.1) is 0 Å². The minimum absolute atomic E-state index is 0.0376. The van der Waals surface area contributed by atoms with Crippen molar-refractivity contribution in [2.24, 2.45) is 11.7 Å². The van der Waals surface area contributed by atoms with Crippen molar-refractivity contribution in [2.45, 2.75) is 72.3 Å². The van der Waals surface area contributed by atoms with Crippen LogP contribution < -0.4 is 10.5 Å². The molecule has 0 atom stereocenters. The van der Waals surface area contributed by atoms with Gasteiger partial charge >= 0.3 is 5.97 Å². The number of nitrogens with two attached hydrogens (primary N) is 1. The van der Waals surface area contributed by atoms with Gasteiger partial charge in [-0.25, -0.2) is 0 Å². The van der Waals surface area contributed by atoms with Gasteiger partial charge < -0.3 is 15.2 Å². The summed E-state index contributed by atoms with van der Waals surface area (Å²) < 4.78 is 10.4. The summed E-state index contributed by atoms with van der Waals surface area (Å²) in [6.45, 7) is 9.31. The predicted octanol–water partition coefficient (Wildman–Crippen LogP) is 4.41. The first kappa shape index (κ1) is 21.5. The van der Waals surface area contributed by atoms with Crippen LogP contribution in [0.25, 0.3) is 0 Å². The Kier molecular flexibility index (Phi) is 10.2. The lowest BCUT2D eigenvalue weighted by atomic mass is 9.86. The Labute approximate surface area is 153 Å². The molecule has 1 heterocycles. The van der Waals surface area contributed by atoms with Crippen molar-refractivity contribution in [3.8, 4) is 5.75 Å². The zero-order valence-electron chi connectivity index (χ0n) is 16.3. The Bertz CT molecular complexity index is 508. The summed E-state index contributed by atoms with van der Waals surface area (Å²) in [5.74, 6) is 1.17. The molecule has 0 radical (unpaired) electrons. The van der Waals surface area contributed by atoms with Crippen LogP contribution in [0.15, 0.2) is 18.2 Å². The molecule has 1 aromatic carbocycles. The van der Waals surface area contributed by atoms with Crippen LogP contribution in [-0.4, -0.2) is 25.2 Å². The number of carbonyl (C=O) groups excluding carboxylic acids is 1. The molecule has 1 saturated carbocycles. The van der Waals surface area contributed by atoms with E-state index in [1.165, 1.54) is 17.5 Å². The number of aryl methyl sites for hydroxylation is 2. The van der Waals surface area contributed by atoms with Gasteiger partial charge in [-0.2, -0.15) is 0 Å². The van der Waals surface area contributed by atoms with Gasteiger partial charge in [0.05, 0.1) is 19.1 Å². The van der Waals surface area contributed by atoms with Gasteiger partial charge in [0, 0.05) is 6.04 Å². The summed E-state index contributed by atoms with van der Waals surface area (Å²) in [7, 11) is 0. The smallest absolute Gasteiger partial charge is 0.308 e. The fourth-order valence-corrected chi connectivity index (χ4v) is 3.06. The highest BCUT2D eigenvalue weighted by Crippen LogP contribution is 2.25. The van der Waals surface area contributed by atoms with E-state index >= 15 is 0 Å². The Morgan fingerprint density at radius 3 is 2.56 bits per heavy atom. The highest BCUT2D eigenvalue weighted by Gasteiger charge is 2.25. The summed E-state index contributed by atoms with van der Waals surface area (Å²) in [6, 6.07) is 6.74. The van der Waals surface area contributed by atoms with Gasteiger partial charge in [0.15, 0.2) is 0 Å². The minimum atomic E-state index is -0.0376. The van der Waals surface area contributed by atoms with E-state index in [0.29, 0.717) is 12.6 Å². The predicted molar refractivity (Wildman–Crippen MR) is 103 cm³/mol. The maximum absolute atomic E-state index is 11.2. The quantitative estimate of drug-likeness (QED) is 0.803. The lowest BCUT2D eigenvalue weighted by molar-refractivity contribution is -0.149. The average Bonchev–Trinajstić information content (AvgIpc) is 2.64. The molecule has 0 aromatic heterocycles. The number of ether oxygens (including phenoxy) is 2. The second-order valence-electron chi connectivity index (χ2n) is 6.43. The molecule has 1 aromatic rings. The van der Waals surface area contributed by atoms with E-state index < -0.39 is 0 Å². The van der Waals surface area contributed by atoms with E-state index in [4.69, 9.17) is 15.2 Å². The standard InChI is InChI=1S/C10H12O.C9H17NO2.C2H6/c1-8-4-5-9-3-2-6-11-10(9)7-8;1-2-12-9(11)7-3-5-8(10)6-4-7;1-2/h4-5,7H,2-3,6H2,1H3;7-8H,2-6,10H2,1H3;1-2H3. The number of hydrogen-bond acceptors (Lipinski definition) is 4. The average molecular weight is 350 g/mol. The van der Waals surface area contributed by atoms with Crippen LogP contribution in [-0.2, 0) is 16.0 Å². The molecule has 2 N–H and O–H groups in total. The zero-order chi connectivity index (χ0) is 18.7. The molecule has 2 aliphatic rings. The molecule has 1 fully saturated rings. The molecule has 4 nitrogen and oxygen atoms in total. The Morgan fingerprint density at radius 1 is 1.24 bits per heavy atom. The molecule has 0 unspecified atom stereocenters. The molecule has 0 amide bonds. The molecule has 3 rings (SSSR count). The first-order valence-electron chi connectivity index (χ1n) is 9.74. The molecule has 0 saturated heterocycles. The van der Waals surface area contributed by atoms with Crippen molar-refractivity contribution >= 4 is 5.97 Å². The highest BCUT2D eigenvalue weighted by atomic mass is 16.5. The zero-order valence-corrected chi connectivity index (χ0v) is 16.3. The molecule has 0 spiro atoms. The van der Waals surface area contributed by atoms with Gasteiger partial charge in [0.1, 0.15) is 5.75 Å². The molecule has 0 bridgehead atoms. The van der Waals surface area contributed by atoms with Crippen molar-refractivity contribution in [1.29, 1.82) is 0 Å². The number of benzene rings is 1. The maximum Gasteiger partial charge on any atom is 0.308 e. The number of fused-ring (bicyclic) bond motifs is 1. The van der Waals surface area contributed by atoms with Gasteiger partial charge in [0.2, 0.25) is 0 Å². The Balaban J connectivity index is 0.000000228. The SMILES string of the molecule is CC.CCOC(=O)C1CCC(N)CC1.Cc1ccc2c(c1)OCCC2. The molecule has 25 heavy (non-hydrogen) atoms. The molecule has 1 aliphatic carbocycles. The van der Waals surface area contributed by atoms with Crippen LogP contribution in [0.1, 0.15) is 64.0 Å². The first-order valence-corrected chi connectivity index (χ1v) is 9.74. The van der Waals surface area contributed by atoms with E-state index in [0.717, 1.165) is 44.5 Å². The Morgan fingerprint density at radius 2 is 1.92 bits per heavy atom. The molecule has 1 aliphatic heterocycles. The van der Waals surface area contributed by atoms with Crippen molar-refractivity contribution in [3.63, 3.8) is 0 Å². The van der Waals surface area contributed by atoms with Gasteiger partial charge in [0.25, 0.3) is 0 Å². The lowest BCUT2D eigenvalue weighted by Crippen LogP contribution is -2.30. The molecule has 142 valence electrons. The summed E-state index contributed by atoms with van der Waals surface area (Å²) in [5, 5.41) is 0. The van der Waals surface area contributed by atoms with Crippen LogP contribution in [0.3, 0.4) is 0 Å². The third-order valence-electron chi connectivity index (χ3n) is 4.46. The maximum atomic E-state index is 11.2. The summed E-state index contributed by atoms with van der Waals surface area (Å²) in [5.41, 5.74) is 8.36. The normalized spacial score (nSPS) is 21.3.